The normalized spacial score (nSPS) is 12.5. The number of aliphatic hydroxyl groups excluding tert-OH is 1. The quantitative estimate of drug-likeness (QED) is 0.810. The van der Waals surface area contributed by atoms with Crippen LogP contribution in [0.25, 0.3) is 0 Å². The summed E-state index contributed by atoms with van der Waals surface area (Å²) in [5.41, 5.74) is 2.39. The van der Waals surface area contributed by atoms with E-state index in [-0.39, 0.29) is 24.5 Å². The highest BCUT2D eigenvalue weighted by Gasteiger charge is 2.14. The molecule has 1 aromatic rings. The summed E-state index contributed by atoms with van der Waals surface area (Å²) in [6.07, 6.45) is 1.20. The molecule has 0 bridgehead atoms. The highest BCUT2D eigenvalue weighted by Crippen LogP contribution is 2.06. The largest absolute Gasteiger partial charge is 0.394 e. The zero-order chi connectivity index (χ0) is 13.5. The number of rotatable bonds is 6. The van der Waals surface area contributed by atoms with Crippen molar-refractivity contribution in [3.63, 3.8) is 0 Å². The molecule has 0 aliphatic rings. The highest BCUT2D eigenvalue weighted by molar-refractivity contribution is 5.76. The van der Waals surface area contributed by atoms with E-state index in [2.05, 4.69) is 29.6 Å². The van der Waals surface area contributed by atoms with E-state index in [9.17, 15) is 4.79 Å². The number of hydrogen-bond acceptors (Lipinski definition) is 2. The van der Waals surface area contributed by atoms with Gasteiger partial charge in [0.05, 0.1) is 12.6 Å². The van der Waals surface area contributed by atoms with Gasteiger partial charge in [0.15, 0.2) is 0 Å². The molecule has 1 unspecified atom stereocenters. The average Bonchev–Trinajstić information content (AvgIpc) is 2.35. The molecule has 0 heterocycles. The van der Waals surface area contributed by atoms with Crippen molar-refractivity contribution in [3.05, 3.63) is 35.4 Å². The minimum atomic E-state index is -0.143. The summed E-state index contributed by atoms with van der Waals surface area (Å²) in [6.45, 7) is 6.02. The maximum Gasteiger partial charge on any atom is 0.220 e. The molecule has 0 radical (unpaired) electrons. The highest BCUT2D eigenvalue weighted by atomic mass is 16.3. The number of carbonyl (C=O) groups is 1. The summed E-state index contributed by atoms with van der Waals surface area (Å²) in [5, 5.41) is 12.0. The van der Waals surface area contributed by atoms with Crippen LogP contribution in [-0.2, 0) is 11.2 Å². The first-order valence-electron chi connectivity index (χ1n) is 6.48. The van der Waals surface area contributed by atoms with Crippen LogP contribution in [0.15, 0.2) is 24.3 Å². The third kappa shape index (κ3) is 4.88. The van der Waals surface area contributed by atoms with Gasteiger partial charge in [0.2, 0.25) is 5.91 Å². The molecule has 3 nitrogen and oxygen atoms in total. The fourth-order valence-electron chi connectivity index (χ4n) is 1.71. The molecule has 18 heavy (non-hydrogen) atoms. The molecule has 1 aromatic carbocycles. The van der Waals surface area contributed by atoms with Crippen LogP contribution in [0.3, 0.4) is 0 Å². The molecule has 0 spiro atoms. The van der Waals surface area contributed by atoms with Crippen molar-refractivity contribution < 1.29 is 9.90 Å². The predicted octanol–water partition coefficient (Wildman–Crippen LogP) is 2.06. The molecule has 0 aliphatic carbocycles. The Labute approximate surface area is 109 Å². The topological polar surface area (TPSA) is 49.3 Å². The molecule has 2 N–H and O–H groups in total. The van der Waals surface area contributed by atoms with Crippen LogP contribution >= 0.6 is 0 Å². The van der Waals surface area contributed by atoms with Gasteiger partial charge < -0.3 is 10.4 Å². The van der Waals surface area contributed by atoms with Crippen LogP contribution in [0.5, 0.6) is 0 Å². The Bertz CT molecular complexity index is 371. The SMILES string of the molecule is Cc1ccc(CCC(=O)NC(CO)C(C)C)cc1. The summed E-state index contributed by atoms with van der Waals surface area (Å²) in [5.74, 6) is 0.252. The Hall–Kier alpha value is -1.35. The smallest absolute Gasteiger partial charge is 0.220 e. The Balaban J connectivity index is 2.39. The zero-order valence-electron chi connectivity index (χ0n) is 11.4. The second-order valence-corrected chi connectivity index (χ2v) is 5.09. The third-order valence-electron chi connectivity index (χ3n) is 3.11. The van der Waals surface area contributed by atoms with E-state index in [1.165, 1.54) is 11.1 Å². The van der Waals surface area contributed by atoms with Crippen molar-refractivity contribution in [2.45, 2.75) is 39.7 Å². The number of aryl methyl sites for hydroxylation is 2. The Morgan fingerprint density at radius 2 is 1.89 bits per heavy atom. The van der Waals surface area contributed by atoms with Crippen molar-refractivity contribution >= 4 is 5.91 Å². The van der Waals surface area contributed by atoms with Gasteiger partial charge in [-0.25, -0.2) is 0 Å². The first-order valence-corrected chi connectivity index (χ1v) is 6.48. The van der Waals surface area contributed by atoms with E-state index in [0.29, 0.717) is 6.42 Å². The molecule has 100 valence electrons. The van der Waals surface area contributed by atoms with Crippen LogP contribution in [0.1, 0.15) is 31.4 Å². The van der Waals surface area contributed by atoms with Gasteiger partial charge >= 0.3 is 0 Å². The summed E-state index contributed by atoms with van der Waals surface area (Å²) in [7, 11) is 0. The maximum absolute atomic E-state index is 11.7. The van der Waals surface area contributed by atoms with Crippen LogP contribution < -0.4 is 5.32 Å². The number of hydrogen-bond donors (Lipinski definition) is 2. The minimum Gasteiger partial charge on any atom is -0.394 e. The Kier molecular flexibility index (Phi) is 5.86. The number of amides is 1. The minimum absolute atomic E-state index is 0.00308. The van der Waals surface area contributed by atoms with Crippen LogP contribution in [-0.4, -0.2) is 23.7 Å². The number of carbonyl (C=O) groups excluding carboxylic acids is 1. The summed E-state index contributed by atoms with van der Waals surface area (Å²) in [4.78, 5) is 11.7. The molecular formula is C15H23NO2. The van der Waals surface area contributed by atoms with E-state index in [0.717, 1.165) is 6.42 Å². The van der Waals surface area contributed by atoms with Gasteiger partial charge in [-0.15, -0.1) is 0 Å². The number of benzene rings is 1. The molecule has 0 saturated carbocycles. The van der Waals surface area contributed by atoms with E-state index in [1.54, 1.807) is 0 Å². The number of aliphatic hydroxyl groups is 1. The van der Waals surface area contributed by atoms with Crippen molar-refractivity contribution in [2.24, 2.45) is 5.92 Å². The second kappa shape index (κ2) is 7.17. The van der Waals surface area contributed by atoms with E-state index in [1.807, 2.05) is 20.8 Å². The second-order valence-electron chi connectivity index (χ2n) is 5.09. The molecule has 0 aromatic heterocycles. The fraction of sp³-hybridized carbons (Fsp3) is 0.533. The summed E-state index contributed by atoms with van der Waals surface area (Å²) >= 11 is 0. The van der Waals surface area contributed by atoms with E-state index < -0.39 is 0 Å². The average molecular weight is 249 g/mol. The first kappa shape index (κ1) is 14.7. The molecule has 1 rings (SSSR count). The van der Waals surface area contributed by atoms with Crippen molar-refractivity contribution in [1.29, 1.82) is 0 Å². The lowest BCUT2D eigenvalue weighted by molar-refractivity contribution is -0.122. The van der Waals surface area contributed by atoms with E-state index in [4.69, 9.17) is 5.11 Å². The van der Waals surface area contributed by atoms with Crippen molar-refractivity contribution in [1.82, 2.24) is 5.32 Å². The van der Waals surface area contributed by atoms with Crippen LogP contribution in [0, 0.1) is 12.8 Å². The lowest BCUT2D eigenvalue weighted by Crippen LogP contribution is -2.41. The summed E-state index contributed by atoms with van der Waals surface area (Å²) < 4.78 is 0. The lowest BCUT2D eigenvalue weighted by atomic mass is 10.0. The molecule has 3 heteroatoms. The number of nitrogens with one attached hydrogen (secondary N) is 1. The molecule has 0 saturated heterocycles. The molecule has 0 aliphatic heterocycles. The third-order valence-corrected chi connectivity index (χ3v) is 3.11. The van der Waals surface area contributed by atoms with E-state index >= 15 is 0 Å². The predicted molar refractivity (Wildman–Crippen MR) is 73.4 cm³/mol. The lowest BCUT2D eigenvalue weighted by Gasteiger charge is -2.19. The monoisotopic (exact) mass is 249 g/mol. The Morgan fingerprint density at radius 3 is 2.39 bits per heavy atom. The first-order chi connectivity index (χ1) is 8.52. The summed E-state index contributed by atoms with van der Waals surface area (Å²) in [6, 6.07) is 8.06. The van der Waals surface area contributed by atoms with Gasteiger partial charge in [-0.1, -0.05) is 43.7 Å². The van der Waals surface area contributed by atoms with Crippen molar-refractivity contribution in [3.8, 4) is 0 Å². The maximum atomic E-state index is 11.7. The molecule has 1 atom stereocenters. The van der Waals surface area contributed by atoms with Gasteiger partial charge in [0.1, 0.15) is 0 Å². The Morgan fingerprint density at radius 1 is 1.28 bits per heavy atom. The van der Waals surface area contributed by atoms with Gasteiger partial charge in [-0.05, 0) is 24.8 Å². The van der Waals surface area contributed by atoms with Gasteiger partial charge in [0.25, 0.3) is 0 Å². The molecule has 1 amide bonds. The molecule has 0 fully saturated rings. The zero-order valence-corrected chi connectivity index (χ0v) is 11.4. The van der Waals surface area contributed by atoms with Gasteiger partial charge in [-0.2, -0.15) is 0 Å². The standard InChI is InChI=1S/C15H23NO2/c1-11(2)14(10-17)16-15(18)9-8-13-6-4-12(3)5-7-13/h4-7,11,14,17H,8-10H2,1-3H3,(H,16,18). The van der Waals surface area contributed by atoms with Crippen molar-refractivity contribution in [2.75, 3.05) is 6.61 Å². The van der Waals surface area contributed by atoms with Crippen LogP contribution in [0.4, 0.5) is 0 Å². The fourth-order valence-corrected chi connectivity index (χ4v) is 1.71. The van der Waals surface area contributed by atoms with Gasteiger partial charge in [0, 0.05) is 6.42 Å². The van der Waals surface area contributed by atoms with Gasteiger partial charge in [-0.3, -0.25) is 4.79 Å². The molecular weight excluding hydrogens is 226 g/mol. The van der Waals surface area contributed by atoms with Crippen LogP contribution in [0.2, 0.25) is 0 Å².